The van der Waals surface area contributed by atoms with E-state index in [1.807, 2.05) is 0 Å². The zero-order valence-electron chi connectivity index (χ0n) is 11.6. The second-order valence-corrected chi connectivity index (χ2v) is 7.29. The molecule has 1 heterocycles. The molecule has 0 bridgehead atoms. The molecule has 0 unspecified atom stereocenters. The van der Waals surface area contributed by atoms with Gasteiger partial charge in [-0.15, -0.1) is 0 Å². The number of nitrogens with one attached hydrogen (secondary N) is 2. The summed E-state index contributed by atoms with van der Waals surface area (Å²) in [6.07, 6.45) is 0.927. The Morgan fingerprint density at radius 2 is 1.73 bits per heavy atom. The number of sulfonamides is 1. The van der Waals surface area contributed by atoms with Gasteiger partial charge in [-0.3, -0.25) is 14.6 Å². The number of hydrogen-bond donors (Lipinski definition) is 2. The summed E-state index contributed by atoms with van der Waals surface area (Å²) < 4.78 is 57.6. The Bertz CT molecular complexity index is 934. The Balaban J connectivity index is 0.00000242. The van der Waals surface area contributed by atoms with E-state index in [1.165, 1.54) is 12.1 Å². The van der Waals surface area contributed by atoms with Crippen LogP contribution in [0, 0.1) is 0 Å². The molecule has 0 saturated heterocycles. The average Bonchev–Trinajstić information content (AvgIpc) is 2.66. The first kappa shape index (κ1) is 18.9. The van der Waals surface area contributed by atoms with Crippen molar-refractivity contribution in [1.29, 1.82) is 0 Å². The Kier molecular flexibility index (Phi) is 5.65. The van der Waals surface area contributed by atoms with Gasteiger partial charge in [-0.2, -0.15) is 0 Å². The molecule has 2 aromatic rings. The SMILES string of the molecule is CS(=O)(=O)Nc1cc(=O)n(-c2ccc(S(=O)(=O)[O-])cc2)[nH]1.[HH].[Na+]. The largest absolute Gasteiger partial charge is 1.00 e. The molecule has 22 heavy (non-hydrogen) atoms. The van der Waals surface area contributed by atoms with E-state index in [0.717, 1.165) is 29.1 Å². The number of aromatic amines is 1. The molecule has 9 nitrogen and oxygen atoms in total. The molecule has 0 radical (unpaired) electrons. The molecule has 2 N–H and O–H groups in total. The molecule has 0 spiro atoms. The fourth-order valence-corrected chi connectivity index (χ4v) is 2.57. The van der Waals surface area contributed by atoms with Gasteiger partial charge in [0.1, 0.15) is 15.9 Å². The van der Waals surface area contributed by atoms with E-state index in [-0.39, 0.29) is 42.5 Å². The first-order valence-corrected chi connectivity index (χ1v) is 8.72. The predicted octanol–water partition coefficient (Wildman–Crippen LogP) is -3.31. The van der Waals surface area contributed by atoms with Crippen LogP contribution in [-0.2, 0) is 20.1 Å². The maximum atomic E-state index is 11.7. The van der Waals surface area contributed by atoms with Crippen molar-refractivity contribution in [3.63, 3.8) is 0 Å². The van der Waals surface area contributed by atoms with Crippen LogP contribution in [0.2, 0.25) is 0 Å². The third kappa shape index (κ3) is 4.69. The van der Waals surface area contributed by atoms with Gasteiger partial charge in [0.05, 0.1) is 16.8 Å². The number of nitrogens with zero attached hydrogens (tertiary/aromatic N) is 1. The number of anilines is 1. The molecular weight excluding hydrogens is 345 g/mol. The van der Waals surface area contributed by atoms with Crippen molar-refractivity contribution in [2.45, 2.75) is 4.90 Å². The molecule has 0 amide bonds. The monoisotopic (exact) mass is 357 g/mol. The average molecular weight is 357 g/mol. The van der Waals surface area contributed by atoms with Crippen molar-refractivity contribution >= 4 is 26.0 Å². The van der Waals surface area contributed by atoms with Crippen LogP contribution in [0.25, 0.3) is 5.69 Å². The second kappa shape index (κ2) is 6.56. The van der Waals surface area contributed by atoms with E-state index in [0.29, 0.717) is 0 Å². The maximum absolute atomic E-state index is 11.7. The summed E-state index contributed by atoms with van der Waals surface area (Å²) in [4.78, 5) is 11.3. The minimum absolute atomic E-state index is 0. The molecule has 1 aromatic carbocycles. The molecule has 2 rings (SSSR count). The van der Waals surface area contributed by atoms with Crippen LogP contribution in [0.4, 0.5) is 5.82 Å². The van der Waals surface area contributed by atoms with E-state index in [1.54, 1.807) is 0 Å². The van der Waals surface area contributed by atoms with Crippen molar-refractivity contribution in [1.82, 2.24) is 9.78 Å². The zero-order valence-corrected chi connectivity index (χ0v) is 15.2. The fraction of sp³-hybridized carbons (Fsp3) is 0.100. The number of H-pyrrole nitrogens is 1. The fourth-order valence-electron chi connectivity index (χ4n) is 1.60. The van der Waals surface area contributed by atoms with Gasteiger partial charge in [-0.1, -0.05) is 0 Å². The van der Waals surface area contributed by atoms with Gasteiger partial charge >= 0.3 is 29.6 Å². The Morgan fingerprint density at radius 1 is 1.18 bits per heavy atom. The number of aromatic nitrogens is 2. The number of rotatable bonds is 4. The van der Waals surface area contributed by atoms with Crippen LogP contribution < -0.4 is 39.8 Å². The van der Waals surface area contributed by atoms with E-state index in [2.05, 4.69) is 9.82 Å². The molecule has 0 aliphatic carbocycles. The number of benzene rings is 1. The van der Waals surface area contributed by atoms with Crippen LogP contribution in [-0.4, -0.2) is 37.4 Å². The summed E-state index contributed by atoms with van der Waals surface area (Å²) in [7, 11) is -8.11. The summed E-state index contributed by atoms with van der Waals surface area (Å²) in [6.45, 7) is 0. The Morgan fingerprint density at radius 3 is 2.18 bits per heavy atom. The summed E-state index contributed by atoms with van der Waals surface area (Å²) in [5, 5.41) is 2.50. The van der Waals surface area contributed by atoms with Crippen molar-refractivity contribution < 1.29 is 52.4 Å². The third-order valence-corrected chi connectivity index (χ3v) is 3.84. The van der Waals surface area contributed by atoms with Gasteiger partial charge in [0.15, 0.2) is 0 Å². The van der Waals surface area contributed by atoms with Crippen LogP contribution >= 0.6 is 0 Å². The molecule has 1 aromatic heterocycles. The molecule has 0 aliphatic rings. The molecule has 0 saturated carbocycles. The van der Waals surface area contributed by atoms with Crippen molar-refractivity contribution in [3.8, 4) is 5.69 Å². The molecule has 0 atom stereocenters. The molecule has 0 aliphatic heterocycles. The minimum atomic E-state index is -4.57. The number of hydrogen-bond acceptors (Lipinski definition) is 6. The zero-order chi connectivity index (χ0) is 15.8. The van der Waals surface area contributed by atoms with Crippen molar-refractivity contribution in [2.75, 3.05) is 11.0 Å². The molecular formula is C10H12N3NaO6S2. The van der Waals surface area contributed by atoms with E-state index >= 15 is 0 Å². The minimum Gasteiger partial charge on any atom is -0.744 e. The van der Waals surface area contributed by atoms with Gasteiger partial charge in [-0.25, -0.2) is 21.5 Å². The van der Waals surface area contributed by atoms with Crippen LogP contribution in [0.5, 0.6) is 0 Å². The van der Waals surface area contributed by atoms with E-state index in [4.69, 9.17) is 0 Å². The van der Waals surface area contributed by atoms with Crippen LogP contribution in [0.1, 0.15) is 1.43 Å². The summed E-state index contributed by atoms with van der Waals surface area (Å²) >= 11 is 0. The summed E-state index contributed by atoms with van der Waals surface area (Å²) in [6, 6.07) is 5.61. The third-order valence-electron chi connectivity index (χ3n) is 2.40. The second-order valence-electron chi connectivity index (χ2n) is 4.17. The molecule has 0 fully saturated rings. The van der Waals surface area contributed by atoms with Gasteiger partial charge in [-0.05, 0) is 24.3 Å². The first-order valence-electron chi connectivity index (χ1n) is 5.42. The maximum Gasteiger partial charge on any atom is 1.00 e. The summed E-state index contributed by atoms with van der Waals surface area (Å²) in [5.41, 5.74) is -0.312. The topological polar surface area (TPSA) is 141 Å². The predicted molar refractivity (Wildman–Crippen MR) is 74.9 cm³/mol. The van der Waals surface area contributed by atoms with E-state index in [9.17, 15) is 26.2 Å². The standard InChI is InChI=1S/C10H11N3O6S2.Na.H2/c1-20(15,16)12-9-6-10(14)13(11-9)7-2-4-8(5-3-7)21(17,18)19;;/h2-6,11-12H,1H3,(H,17,18,19);;1H/q;+1;/p-1. The van der Waals surface area contributed by atoms with Crippen LogP contribution in [0.15, 0.2) is 40.0 Å². The van der Waals surface area contributed by atoms with Gasteiger partial charge in [0, 0.05) is 7.49 Å². The quantitative estimate of drug-likeness (QED) is 0.433. The molecule has 12 heteroatoms. The van der Waals surface area contributed by atoms with Crippen LogP contribution in [0.3, 0.4) is 0 Å². The van der Waals surface area contributed by atoms with Gasteiger partial charge < -0.3 is 4.55 Å². The van der Waals surface area contributed by atoms with Crippen molar-refractivity contribution in [3.05, 3.63) is 40.7 Å². The summed E-state index contributed by atoms with van der Waals surface area (Å²) in [5.74, 6) is -0.0389. The normalized spacial score (nSPS) is 11.7. The smallest absolute Gasteiger partial charge is 0.744 e. The van der Waals surface area contributed by atoms with Crippen molar-refractivity contribution in [2.24, 2.45) is 0 Å². The van der Waals surface area contributed by atoms with Gasteiger partial charge in [0.25, 0.3) is 5.56 Å². The Labute approximate surface area is 149 Å². The first-order chi connectivity index (χ1) is 9.56. The van der Waals surface area contributed by atoms with Gasteiger partial charge in [0.2, 0.25) is 10.0 Å². The van der Waals surface area contributed by atoms with E-state index < -0.39 is 30.6 Å². The molecule has 116 valence electrons. The Hall–Kier alpha value is -1.11.